The number of likely N-dealkylation sites (N-methyl/N-ethyl adjacent to an activating group) is 1. The average Bonchev–Trinajstić information content (AvgIpc) is 3.21. The third-order valence-electron chi connectivity index (χ3n) is 4.10. The van der Waals surface area contributed by atoms with Gasteiger partial charge in [-0.3, -0.25) is 9.59 Å². The molecule has 0 fully saturated rings. The first-order valence-corrected chi connectivity index (χ1v) is 10.1. The zero-order valence-corrected chi connectivity index (χ0v) is 17.2. The van der Waals surface area contributed by atoms with Gasteiger partial charge in [-0.15, -0.1) is 11.3 Å². The van der Waals surface area contributed by atoms with Gasteiger partial charge in [0.25, 0.3) is 5.91 Å². The lowest BCUT2D eigenvalue weighted by molar-refractivity contribution is -0.122. The van der Waals surface area contributed by atoms with Crippen molar-refractivity contribution in [2.45, 2.75) is 6.04 Å². The van der Waals surface area contributed by atoms with Crippen molar-refractivity contribution in [1.82, 2.24) is 10.2 Å². The molecule has 1 N–H and O–H groups in total. The standard InChI is InChI=1S/C21H19BrN2O2S/c1-24(21(26)18-8-5-13-27-18)14-19(25)23-20(15-6-3-2-4-7-15)16-9-11-17(22)12-10-16/h2-13,20H,14H2,1H3,(H,23,25). The summed E-state index contributed by atoms with van der Waals surface area (Å²) in [4.78, 5) is 27.1. The molecular weight excluding hydrogens is 424 g/mol. The van der Waals surface area contributed by atoms with Crippen LogP contribution in [0, 0.1) is 0 Å². The van der Waals surface area contributed by atoms with Gasteiger partial charge in [-0.1, -0.05) is 64.5 Å². The second-order valence-corrected chi connectivity index (χ2v) is 7.96. The fourth-order valence-electron chi connectivity index (χ4n) is 2.74. The number of benzene rings is 2. The van der Waals surface area contributed by atoms with Crippen molar-refractivity contribution in [2.75, 3.05) is 13.6 Å². The minimum atomic E-state index is -0.281. The van der Waals surface area contributed by atoms with Crippen LogP contribution >= 0.6 is 27.3 Å². The van der Waals surface area contributed by atoms with Crippen LogP contribution in [0.5, 0.6) is 0 Å². The van der Waals surface area contributed by atoms with Gasteiger partial charge in [-0.2, -0.15) is 0 Å². The first kappa shape index (κ1) is 19.3. The summed E-state index contributed by atoms with van der Waals surface area (Å²) in [5, 5.41) is 4.90. The van der Waals surface area contributed by atoms with Gasteiger partial charge >= 0.3 is 0 Å². The molecule has 0 saturated heterocycles. The SMILES string of the molecule is CN(CC(=O)NC(c1ccccc1)c1ccc(Br)cc1)C(=O)c1cccs1. The maximum Gasteiger partial charge on any atom is 0.264 e. The van der Waals surface area contributed by atoms with Gasteiger partial charge in [0.1, 0.15) is 0 Å². The number of hydrogen-bond acceptors (Lipinski definition) is 3. The largest absolute Gasteiger partial charge is 0.344 e. The normalized spacial score (nSPS) is 11.6. The van der Waals surface area contributed by atoms with E-state index in [4.69, 9.17) is 0 Å². The number of nitrogens with zero attached hydrogens (tertiary/aromatic N) is 1. The molecule has 0 spiro atoms. The Hall–Kier alpha value is -2.44. The second-order valence-electron chi connectivity index (χ2n) is 6.10. The molecule has 0 radical (unpaired) electrons. The molecule has 27 heavy (non-hydrogen) atoms. The molecule has 1 heterocycles. The summed E-state index contributed by atoms with van der Waals surface area (Å²) in [6.07, 6.45) is 0. The molecule has 0 bridgehead atoms. The van der Waals surface area contributed by atoms with E-state index in [1.54, 1.807) is 13.1 Å². The summed E-state index contributed by atoms with van der Waals surface area (Å²) in [5.41, 5.74) is 1.96. The van der Waals surface area contributed by atoms with Crippen molar-refractivity contribution in [3.63, 3.8) is 0 Å². The zero-order chi connectivity index (χ0) is 19.2. The van der Waals surface area contributed by atoms with Gasteiger partial charge in [0.15, 0.2) is 0 Å². The summed E-state index contributed by atoms with van der Waals surface area (Å²) in [5.74, 6) is -0.362. The molecule has 0 aliphatic carbocycles. The number of amides is 2. The zero-order valence-electron chi connectivity index (χ0n) is 14.8. The van der Waals surface area contributed by atoms with Gasteiger partial charge in [0.2, 0.25) is 5.91 Å². The van der Waals surface area contributed by atoms with Crippen LogP contribution in [0.15, 0.2) is 76.6 Å². The van der Waals surface area contributed by atoms with Gasteiger partial charge in [0.05, 0.1) is 17.5 Å². The van der Waals surface area contributed by atoms with Crippen LogP contribution in [-0.4, -0.2) is 30.3 Å². The highest BCUT2D eigenvalue weighted by Gasteiger charge is 2.20. The molecule has 138 valence electrons. The lowest BCUT2D eigenvalue weighted by atomic mass is 9.99. The van der Waals surface area contributed by atoms with Crippen molar-refractivity contribution >= 4 is 39.1 Å². The number of rotatable bonds is 6. The maximum absolute atomic E-state index is 12.6. The van der Waals surface area contributed by atoms with E-state index in [2.05, 4.69) is 21.2 Å². The van der Waals surface area contributed by atoms with Crippen LogP contribution in [0.4, 0.5) is 0 Å². The van der Waals surface area contributed by atoms with E-state index >= 15 is 0 Å². The third kappa shape index (κ3) is 5.05. The molecule has 1 unspecified atom stereocenters. The van der Waals surface area contributed by atoms with E-state index in [-0.39, 0.29) is 24.4 Å². The van der Waals surface area contributed by atoms with Crippen molar-refractivity contribution in [1.29, 1.82) is 0 Å². The van der Waals surface area contributed by atoms with E-state index in [0.717, 1.165) is 15.6 Å². The van der Waals surface area contributed by atoms with Crippen molar-refractivity contribution < 1.29 is 9.59 Å². The maximum atomic E-state index is 12.6. The number of hydrogen-bond donors (Lipinski definition) is 1. The Kier molecular flexibility index (Phi) is 6.42. The minimum absolute atomic E-state index is 0.00338. The molecular formula is C21H19BrN2O2S. The van der Waals surface area contributed by atoms with Gasteiger partial charge < -0.3 is 10.2 Å². The third-order valence-corrected chi connectivity index (χ3v) is 5.49. The van der Waals surface area contributed by atoms with Crippen molar-refractivity contribution in [3.8, 4) is 0 Å². The summed E-state index contributed by atoms with van der Waals surface area (Å²) < 4.78 is 0.977. The van der Waals surface area contributed by atoms with Crippen LogP contribution in [0.3, 0.4) is 0 Å². The van der Waals surface area contributed by atoms with Crippen LogP contribution in [0.1, 0.15) is 26.8 Å². The minimum Gasteiger partial charge on any atom is -0.344 e. The lowest BCUT2D eigenvalue weighted by Gasteiger charge is -2.22. The van der Waals surface area contributed by atoms with E-state index in [0.29, 0.717) is 4.88 Å². The highest BCUT2D eigenvalue weighted by Crippen LogP contribution is 2.23. The molecule has 2 amide bonds. The average molecular weight is 443 g/mol. The highest BCUT2D eigenvalue weighted by molar-refractivity contribution is 9.10. The number of carbonyl (C=O) groups excluding carboxylic acids is 2. The Morgan fingerprint density at radius 1 is 1.00 bits per heavy atom. The smallest absolute Gasteiger partial charge is 0.264 e. The molecule has 3 aromatic rings. The van der Waals surface area contributed by atoms with Crippen LogP contribution in [-0.2, 0) is 4.79 Å². The molecule has 1 atom stereocenters. The Balaban J connectivity index is 1.74. The van der Waals surface area contributed by atoms with Gasteiger partial charge in [-0.25, -0.2) is 0 Å². The molecule has 2 aromatic carbocycles. The Bertz CT molecular complexity index is 896. The molecule has 4 nitrogen and oxygen atoms in total. The van der Waals surface area contributed by atoms with Gasteiger partial charge in [0, 0.05) is 11.5 Å². The van der Waals surface area contributed by atoms with Crippen LogP contribution in [0.25, 0.3) is 0 Å². The van der Waals surface area contributed by atoms with Crippen molar-refractivity contribution in [2.24, 2.45) is 0 Å². The summed E-state index contributed by atoms with van der Waals surface area (Å²) >= 11 is 4.81. The van der Waals surface area contributed by atoms with E-state index in [1.807, 2.05) is 66.0 Å². The van der Waals surface area contributed by atoms with Gasteiger partial charge in [-0.05, 0) is 34.7 Å². The highest BCUT2D eigenvalue weighted by atomic mass is 79.9. The number of halogens is 1. The predicted molar refractivity (Wildman–Crippen MR) is 112 cm³/mol. The lowest BCUT2D eigenvalue weighted by Crippen LogP contribution is -2.39. The van der Waals surface area contributed by atoms with E-state index in [9.17, 15) is 9.59 Å². The molecule has 0 aliphatic rings. The first-order valence-electron chi connectivity index (χ1n) is 8.43. The van der Waals surface area contributed by atoms with E-state index < -0.39 is 0 Å². The molecule has 1 aromatic heterocycles. The summed E-state index contributed by atoms with van der Waals surface area (Å²) in [6.45, 7) is -0.00338. The number of carbonyl (C=O) groups is 2. The molecule has 0 saturated carbocycles. The summed E-state index contributed by atoms with van der Waals surface area (Å²) in [6, 6.07) is 20.9. The fraction of sp³-hybridized carbons (Fsp3) is 0.143. The molecule has 6 heteroatoms. The molecule has 0 aliphatic heterocycles. The Labute approximate surface area is 171 Å². The topological polar surface area (TPSA) is 49.4 Å². The Morgan fingerprint density at radius 2 is 1.67 bits per heavy atom. The van der Waals surface area contributed by atoms with Crippen LogP contribution < -0.4 is 5.32 Å². The number of thiophene rings is 1. The monoisotopic (exact) mass is 442 g/mol. The van der Waals surface area contributed by atoms with Crippen LogP contribution in [0.2, 0.25) is 0 Å². The Morgan fingerprint density at radius 3 is 2.30 bits per heavy atom. The van der Waals surface area contributed by atoms with E-state index in [1.165, 1.54) is 16.2 Å². The summed E-state index contributed by atoms with van der Waals surface area (Å²) in [7, 11) is 1.64. The number of nitrogens with one attached hydrogen (secondary N) is 1. The quantitative estimate of drug-likeness (QED) is 0.611. The first-order chi connectivity index (χ1) is 13.0. The fourth-order valence-corrected chi connectivity index (χ4v) is 3.72. The predicted octanol–water partition coefficient (Wildman–Crippen LogP) is 4.49. The molecule has 3 rings (SSSR count). The van der Waals surface area contributed by atoms with Crippen molar-refractivity contribution in [3.05, 3.63) is 92.6 Å². The second kappa shape index (κ2) is 8.97.